The average Bonchev–Trinajstić information content (AvgIpc) is 2.53. The van der Waals surface area contributed by atoms with Crippen molar-refractivity contribution in [1.82, 2.24) is 9.97 Å². The quantitative estimate of drug-likeness (QED) is 0.523. The average molecular weight is 369 g/mol. The van der Waals surface area contributed by atoms with Crippen molar-refractivity contribution in [3.05, 3.63) is 56.8 Å². The summed E-state index contributed by atoms with van der Waals surface area (Å²) >= 11 is 3.21. The molecular weight excluding hydrogens is 356 g/mol. The molecule has 8 nitrogen and oxygen atoms in total. The van der Waals surface area contributed by atoms with Crippen LogP contribution >= 0.6 is 15.9 Å². The molecule has 0 aliphatic rings. The topological polar surface area (TPSA) is 121 Å². The molecule has 3 N–H and O–H groups in total. The van der Waals surface area contributed by atoms with Gasteiger partial charge in [-0.2, -0.15) is 0 Å². The molecular formula is C13H13BrN4O4. The number of aliphatic hydroxyl groups excluding tert-OH is 2. The molecule has 1 aromatic carbocycles. The fraction of sp³-hybridized carbons (Fsp3) is 0.231. The van der Waals surface area contributed by atoms with E-state index in [9.17, 15) is 20.3 Å². The fourth-order valence-electron chi connectivity index (χ4n) is 1.80. The highest BCUT2D eigenvalue weighted by Gasteiger charge is 2.21. The van der Waals surface area contributed by atoms with Gasteiger partial charge in [-0.1, -0.05) is 0 Å². The number of aliphatic hydroxyl groups is 2. The summed E-state index contributed by atoms with van der Waals surface area (Å²) in [5.74, 6) is 0.253. The van der Waals surface area contributed by atoms with Crippen molar-refractivity contribution in [2.75, 3.05) is 11.9 Å². The van der Waals surface area contributed by atoms with Gasteiger partial charge in [0.2, 0.25) is 5.95 Å². The molecule has 2 aromatic rings. The van der Waals surface area contributed by atoms with Crippen LogP contribution in [0.2, 0.25) is 0 Å². The Hall–Kier alpha value is -2.10. The Morgan fingerprint density at radius 1 is 1.27 bits per heavy atom. The van der Waals surface area contributed by atoms with Crippen LogP contribution in [0.5, 0.6) is 0 Å². The standard InChI is InChI=1S/C13H13BrN4O4/c14-9-5-15-13(16-6-9)17-11(7-19)12(20)8-1-3-10(4-2-8)18(21)22/h1-6,11-12,19-20H,7H2,(H,15,16,17). The van der Waals surface area contributed by atoms with Gasteiger partial charge in [-0.15, -0.1) is 0 Å². The number of benzene rings is 1. The number of hydrogen-bond acceptors (Lipinski definition) is 7. The number of halogens is 1. The summed E-state index contributed by atoms with van der Waals surface area (Å²) in [5.41, 5.74) is 0.370. The van der Waals surface area contributed by atoms with Crippen molar-refractivity contribution in [1.29, 1.82) is 0 Å². The third kappa shape index (κ3) is 3.97. The first-order valence-corrected chi connectivity index (χ1v) is 7.08. The zero-order valence-corrected chi connectivity index (χ0v) is 12.8. The minimum Gasteiger partial charge on any atom is -0.394 e. The lowest BCUT2D eigenvalue weighted by atomic mass is 10.0. The van der Waals surface area contributed by atoms with Crippen LogP contribution in [0, 0.1) is 10.1 Å². The highest BCUT2D eigenvalue weighted by atomic mass is 79.9. The third-order valence-corrected chi connectivity index (χ3v) is 3.37. The van der Waals surface area contributed by atoms with Gasteiger partial charge in [-0.25, -0.2) is 9.97 Å². The molecule has 2 atom stereocenters. The van der Waals surface area contributed by atoms with Gasteiger partial charge in [-0.05, 0) is 33.6 Å². The maximum absolute atomic E-state index is 10.6. The van der Waals surface area contributed by atoms with E-state index in [1.165, 1.54) is 36.7 Å². The predicted molar refractivity (Wildman–Crippen MR) is 82.3 cm³/mol. The van der Waals surface area contributed by atoms with Gasteiger partial charge in [0.05, 0.1) is 22.0 Å². The lowest BCUT2D eigenvalue weighted by Gasteiger charge is -2.22. The molecule has 0 amide bonds. The van der Waals surface area contributed by atoms with E-state index in [4.69, 9.17) is 0 Å². The molecule has 0 radical (unpaired) electrons. The van der Waals surface area contributed by atoms with Crippen molar-refractivity contribution in [2.24, 2.45) is 0 Å². The van der Waals surface area contributed by atoms with Gasteiger partial charge in [0.15, 0.2) is 0 Å². The van der Waals surface area contributed by atoms with E-state index in [2.05, 4.69) is 31.2 Å². The molecule has 1 aromatic heterocycles. The van der Waals surface area contributed by atoms with Gasteiger partial charge in [0.25, 0.3) is 5.69 Å². The van der Waals surface area contributed by atoms with Crippen LogP contribution in [0.1, 0.15) is 11.7 Å². The van der Waals surface area contributed by atoms with E-state index >= 15 is 0 Å². The van der Waals surface area contributed by atoms with Crippen LogP contribution in [-0.2, 0) is 0 Å². The number of nitrogens with one attached hydrogen (secondary N) is 1. The number of nitrogens with zero attached hydrogens (tertiary/aromatic N) is 3. The number of non-ortho nitro benzene ring substituents is 1. The van der Waals surface area contributed by atoms with Gasteiger partial charge in [-0.3, -0.25) is 10.1 Å². The van der Waals surface area contributed by atoms with Crippen molar-refractivity contribution in [3.8, 4) is 0 Å². The Labute approximate surface area is 134 Å². The number of nitro benzene ring substituents is 1. The summed E-state index contributed by atoms with van der Waals surface area (Å²) in [6.07, 6.45) is 1.99. The van der Waals surface area contributed by atoms with Crippen molar-refractivity contribution in [3.63, 3.8) is 0 Å². The molecule has 0 fully saturated rings. The Bertz CT molecular complexity index is 635. The van der Waals surface area contributed by atoms with Gasteiger partial charge in [0.1, 0.15) is 6.10 Å². The normalized spacial score (nSPS) is 13.4. The summed E-state index contributed by atoms with van der Waals surface area (Å²) in [4.78, 5) is 18.1. The molecule has 0 aliphatic heterocycles. The number of hydrogen-bond donors (Lipinski definition) is 3. The van der Waals surface area contributed by atoms with Crippen LogP contribution in [0.25, 0.3) is 0 Å². The fourth-order valence-corrected chi connectivity index (χ4v) is 2.01. The van der Waals surface area contributed by atoms with E-state index in [-0.39, 0.29) is 18.2 Å². The highest BCUT2D eigenvalue weighted by molar-refractivity contribution is 9.10. The maximum Gasteiger partial charge on any atom is 0.269 e. The Morgan fingerprint density at radius 2 is 1.86 bits per heavy atom. The van der Waals surface area contributed by atoms with E-state index in [1.807, 2.05) is 0 Å². The van der Waals surface area contributed by atoms with Crippen LogP contribution < -0.4 is 5.32 Å². The second-order valence-corrected chi connectivity index (χ2v) is 5.37. The molecule has 22 heavy (non-hydrogen) atoms. The first kappa shape index (κ1) is 16.3. The second-order valence-electron chi connectivity index (χ2n) is 4.45. The molecule has 2 rings (SSSR count). The molecule has 0 spiro atoms. The van der Waals surface area contributed by atoms with Crippen molar-refractivity contribution >= 4 is 27.6 Å². The summed E-state index contributed by atoms with van der Waals surface area (Å²) in [7, 11) is 0. The van der Waals surface area contributed by atoms with Crippen molar-refractivity contribution in [2.45, 2.75) is 12.1 Å². The minimum absolute atomic E-state index is 0.0688. The number of anilines is 1. The Kier molecular flexibility index (Phi) is 5.36. The van der Waals surface area contributed by atoms with Gasteiger partial charge >= 0.3 is 0 Å². The summed E-state index contributed by atoms with van der Waals surface area (Å²) in [5, 5.41) is 33.1. The summed E-state index contributed by atoms with van der Waals surface area (Å²) < 4.78 is 0.703. The third-order valence-electron chi connectivity index (χ3n) is 2.96. The molecule has 2 unspecified atom stereocenters. The van der Waals surface area contributed by atoms with E-state index < -0.39 is 17.1 Å². The number of aromatic nitrogens is 2. The molecule has 116 valence electrons. The number of rotatable bonds is 6. The Balaban J connectivity index is 2.12. The molecule has 9 heteroatoms. The summed E-state index contributed by atoms with van der Waals surface area (Å²) in [6, 6.07) is 4.72. The number of nitro groups is 1. The van der Waals surface area contributed by atoms with Crippen LogP contribution in [0.3, 0.4) is 0 Å². The highest BCUT2D eigenvalue weighted by Crippen LogP contribution is 2.22. The lowest BCUT2D eigenvalue weighted by Crippen LogP contribution is -2.32. The van der Waals surface area contributed by atoms with Crippen LogP contribution in [0.15, 0.2) is 41.1 Å². The second kappa shape index (κ2) is 7.25. The van der Waals surface area contributed by atoms with E-state index in [0.29, 0.717) is 10.0 Å². The first-order valence-electron chi connectivity index (χ1n) is 6.28. The van der Waals surface area contributed by atoms with Crippen LogP contribution in [-0.4, -0.2) is 37.8 Å². The van der Waals surface area contributed by atoms with Crippen LogP contribution in [0.4, 0.5) is 11.6 Å². The first-order chi connectivity index (χ1) is 10.5. The molecule has 0 bridgehead atoms. The zero-order chi connectivity index (χ0) is 16.1. The van der Waals surface area contributed by atoms with E-state index in [1.54, 1.807) is 0 Å². The van der Waals surface area contributed by atoms with E-state index in [0.717, 1.165) is 0 Å². The maximum atomic E-state index is 10.6. The SMILES string of the molecule is O=[N+]([O-])c1ccc(C(O)C(CO)Nc2ncc(Br)cn2)cc1. The summed E-state index contributed by atoms with van der Waals surface area (Å²) in [6.45, 7) is -0.364. The molecule has 1 heterocycles. The lowest BCUT2D eigenvalue weighted by molar-refractivity contribution is -0.384. The monoisotopic (exact) mass is 368 g/mol. The smallest absolute Gasteiger partial charge is 0.269 e. The molecule has 0 saturated heterocycles. The minimum atomic E-state index is -1.07. The van der Waals surface area contributed by atoms with Gasteiger partial charge in [0, 0.05) is 24.5 Å². The van der Waals surface area contributed by atoms with Crippen molar-refractivity contribution < 1.29 is 15.1 Å². The zero-order valence-electron chi connectivity index (χ0n) is 11.3. The van der Waals surface area contributed by atoms with Gasteiger partial charge < -0.3 is 15.5 Å². The predicted octanol–water partition coefficient (Wildman–Crippen LogP) is 1.65. The largest absolute Gasteiger partial charge is 0.394 e. The Morgan fingerprint density at radius 3 is 2.36 bits per heavy atom. The molecule has 0 aliphatic carbocycles. The molecule has 0 saturated carbocycles.